The van der Waals surface area contributed by atoms with Gasteiger partial charge in [-0.05, 0) is 24.6 Å². The zero-order valence-electron chi connectivity index (χ0n) is 10.6. The fraction of sp³-hybridized carbons (Fsp3) is 0.214. The van der Waals surface area contributed by atoms with Crippen LogP contribution in [0.2, 0.25) is 0 Å². The highest BCUT2D eigenvalue weighted by Crippen LogP contribution is 2.42. The van der Waals surface area contributed by atoms with Crippen molar-refractivity contribution in [3.63, 3.8) is 0 Å². The van der Waals surface area contributed by atoms with Crippen molar-refractivity contribution in [2.24, 2.45) is 5.92 Å². The summed E-state index contributed by atoms with van der Waals surface area (Å²) in [5.41, 5.74) is 2.69. The van der Waals surface area contributed by atoms with Gasteiger partial charge in [-0.3, -0.25) is 10.5 Å². The lowest BCUT2D eigenvalue weighted by Gasteiger charge is -2.27. The summed E-state index contributed by atoms with van der Waals surface area (Å²) in [6.07, 6.45) is 0. The van der Waals surface area contributed by atoms with E-state index in [0.29, 0.717) is 5.88 Å². The van der Waals surface area contributed by atoms with Gasteiger partial charge in [-0.15, -0.1) is 5.10 Å². The van der Waals surface area contributed by atoms with E-state index in [9.17, 15) is 5.26 Å². The van der Waals surface area contributed by atoms with Gasteiger partial charge in [-0.1, -0.05) is 28.1 Å². The van der Waals surface area contributed by atoms with Crippen molar-refractivity contribution in [1.29, 1.82) is 10.7 Å². The van der Waals surface area contributed by atoms with Crippen LogP contribution in [0, 0.1) is 29.6 Å². The van der Waals surface area contributed by atoms with E-state index in [-0.39, 0.29) is 11.8 Å². The number of benzene rings is 1. The molecule has 0 bridgehead atoms. The van der Waals surface area contributed by atoms with Crippen molar-refractivity contribution >= 4 is 21.8 Å². The lowest BCUT2D eigenvalue weighted by Crippen LogP contribution is -2.30. The first-order valence-electron chi connectivity index (χ1n) is 6.08. The van der Waals surface area contributed by atoms with Gasteiger partial charge in [0.05, 0.1) is 6.07 Å². The number of ether oxygens (including phenoxy) is 1. The van der Waals surface area contributed by atoms with E-state index in [1.54, 1.807) is 0 Å². The second kappa shape index (κ2) is 4.76. The maximum Gasteiger partial charge on any atom is 0.243 e. The van der Waals surface area contributed by atoms with Crippen LogP contribution < -0.4 is 4.74 Å². The third-order valence-electron chi connectivity index (χ3n) is 3.46. The summed E-state index contributed by atoms with van der Waals surface area (Å²) in [4.78, 5) is 0. The van der Waals surface area contributed by atoms with Crippen LogP contribution in [-0.2, 0) is 0 Å². The number of rotatable bonds is 1. The molecule has 0 saturated carbocycles. The minimum Gasteiger partial charge on any atom is -0.422 e. The number of nitrogens with one attached hydrogen (secondary N) is 2. The molecule has 0 fully saturated rings. The molecule has 1 aromatic carbocycles. The minimum absolute atomic E-state index is 0.0561. The Morgan fingerprint density at radius 3 is 2.75 bits per heavy atom. The average molecular weight is 331 g/mol. The molecule has 5 nitrogen and oxygen atoms in total. The Bertz CT molecular complexity index is 714. The van der Waals surface area contributed by atoms with Crippen molar-refractivity contribution < 1.29 is 4.74 Å². The molecule has 1 aliphatic heterocycles. The van der Waals surface area contributed by atoms with Crippen LogP contribution in [0.5, 0.6) is 5.88 Å². The molecule has 0 spiro atoms. The summed E-state index contributed by atoms with van der Waals surface area (Å²) in [5.74, 6) is -0.533. The summed E-state index contributed by atoms with van der Waals surface area (Å²) < 4.78 is 6.31. The fourth-order valence-electron chi connectivity index (χ4n) is 2.51. The van der Waals surface area contributed by atoms with Crippen LogP contribution in [0.3, 0.4) is 0 Å². The molecule has 2 heterocycles. The van der Waals surface area contributed by atoms with Gasteiger partial charge in [0.25, 0.3) is 0 Å². The Hall–Kier alpha value is -2.13. The highest BCUT2D eigenvalue weighted by atomic mass is 79.9. The second-order valence-corrected chi connectivity index (χ2v) is 5.59. The Morgan fingerprint density at radius 2 is 2.10 bits per heavy atom. The lowest BCUT2D eigenvalue weighted by molar-refractivity contribution is 0.436. The summed E-state index contributed by atoms with van der Waals surface area (Å²) in [7, 11) is 0. The molecule has 1 aromatic heterocycles. The van der Waals surface area contributed by atoms with Gasteiger partial charge in [0.1, 0.15) is 5.92 Å². The molecular weight excluding hydrogens is 320 g/mol. The third-order valence-corrected chi connectivity index (χ3v) is 3.99. The van der Waals surface area contributed by atoms with Gasteiger partial charge >= 0.3 is 0 Å². The van der Waals surface area contributed by atoms with E-state index < -0.39 is 5.92 Å². The van der Waals surface area contributed by atoms with Crippen LogP contribution in [0.25, 0.3) is 0 Å². The zero-order valence-corrected chi connectivity index (χ0v) is 12.2. The number of hydrogen-bond acceptors (Lipinski definition) is 4. The molecule has 2 atom stereocenters. The highest BCUT2D eigenvalue weighted by Gasteiger charge is 2.39. The zero-order chi connectivity index (χ0) is 14.3. The van der Waals surface area contributed by atoms with E-state index in [0.717, 1.165) is 21.3 Å². The van der Waals surface area contributed by atoms with E-state index >= 15 is 0 Å². The average Bonchev–Trinajstić information content (AvgIpc) is 2.79. The molecule has 0 amide bonds. The highest BCUT2D eigenvalue weighted by molar-refractivity contribution is 9.10. The summed E-state index contributed by atoms with van der Waals surface area (Å²) in [5, 5.41) is 24.2. The van der Waals surface area contributed by atoms with Crippen molar-refractivity contribution in [2.75, 3.05) is 0 Å². The van der Waals surface area contributed by atoms with Crippen molar-refractivity contribution in [1.82, 2.24) is 10.2 Å². The molecule has 20 heavy (non-hydrogen) atoms. The maximum atomic E-state index is 9.39. The van der Waals surface area contributed by atoms with Gasteiger partial charge in [-0.25, -0.2) is 0 Å². The molecule has 0 aliphatic carbocycles. The largest absolute Gasteiger partial charge is 0.422 e. The molecular formula is C14H11BrN4O. The van der Waals surface area contributed by atoms with E-state index in [2.05, 4.69) is 32.2 Å². The van der Waals surface area contributed by atoms with E-state index in [1.165, 1.54) is 0 Å². The molecule has 2 aromatic rings. The quantitative estimate of drug-likeness (QED) is 0.842. The molecule has 2 unspecified atom stereocenters. The van der Waals surface area contributed by atoms with Crippen LogP contribution in [0.15, 0.2) is 28.7 Å². The number of aromatic amines is 1. The molecule has 0 radical (unpaired) electrons. The fourth-order valence-corrected chi connectivity index (χ4v) is 2.77. The van der Waals surface area contributed by atoms with Crippen LogP contribution in [-0.4, -0.2) is 16.1 Å². The second-order valence-electron chi connectivity index (χ2n) is 4.67. The number of nitriles is 1. The van der Waals surface area contributed by atoms with E-state index in [4.69, 9.17) is 10.1 Å². The summed E-state index contributed by atoms with van der Waals surface area (Å²) in [6, 6.07) is 9.93. The standard InChI is InChI=1S/C14H11BrN4O/c1-7-11-12(8-2-4-9(15)5-3-8)10(6-16)13(17)20-14(11)19-18-7/h2-5,10,12,17H,1H3,(H,18,19). The topological polar surface area (TPSA) is 85.5 Å². The van der Waals surface area contributed by atoms with Gasteiger partial charge in [-0.2, -0.15) is 5.26 Å². The Balaban J connectivity index is 2.19. The van der Waals surface area contributed by atoms with Gasteiger partial charge < -0.3 is 4.74 Å². The first-order valence-corrected chi connectivity index (χ1v) is 6.87. The number of fused-ring (bicyclic) bond motifs is 1. The molecule has 2 N–H and O–H groups in total. The van der Waals surface area contributed by atoms with E-state index in [1.807, 2.05) is 31.2 Å². The van der Waals surface area contributed by atoms with Crippen molar-refractivity contribution in [3.05, 3.63) is 45.6 Å². The number of halogens is 1. The van der Waals surface area contributed by atoms with Gasteiger partial charge in [0.2, 0.25) is 11.8 Å². The van der Waals surface area contributed by atoms with Crippen LogP contribution in [0.4, 0.5) is 0 Å². The van der Waals surface area contributed by atoms with Crippen molar-refractivity contribution in [3.8, 4) is 11.9 Å². The first-order chi connectivity index (χ1) is 9.61. The number of nitrogens with zero attached hydrogens (tertiary/aromatic N) is 2. The number of hydrogen-bond donors (Lipinski definition) is 2. The molecule has 1 aliphatic rings. The molecule has 6 heteroatoms. The smallest absolute Gasteiger partial charge is 0.243 e. The van der Waals surface area contributed by atoms with Gasteiger partial charge in [0, 0.05) is 21.6 Å². The van der Waals surface area contributed by atoms with Gasteiger partial charge in [0.15, 0.2) is 0 Å². The predicted molar refractivity (Wildman–Crippen MR) is 76.8 cm³/mol. The van der Waals surface area contributed by atoms with Crippen molar-refractivity contribution in [2.45, 2.75) is 12.8 Å². The molecule has 100 valence electrons. The Labute approximate surface area is 124 Å². The minimum atomic E-state index is -0.639. The monoisotopic (exact) mass is 330 g/mol. The third kappa shape index (κ3) is 1.91. The number of aryl methyl sites for hydroxylation is 1. The van der Waals surface area contributed by atoms with Crippen LogP contribution in [0.1, 0.15) is 22.7 Å². The van der Waals surface area contributed by atoms with Crippen LogP contribution >= 0.6 is 15.9 Å². The maximum absolute atomic E-state index is 9.39. The Morgan fingerprint density at radius 1 is 1.40 bits per heavy atom. The summed E-state index contributed by atoms with van der Waals surface area (Å²) in [6.45, 7) is 1.89. The Kier molecular flexibility index (Phi) is 3.07. The number of H-pyrrole nitrogens is 1. The SMILES string of the molecule is Cc1[nH]nc2c1C(c1ccc(Br)cc1)C(C#N)C(=N)O2. The normalized spacial score (nSPS) is 20.9. The molecule has 0 saturated heterocycles. The summed E-state index contributed by atoms with van der Waals surface area (Å²) >= 11 is 3.40. The predicted octanol–water partition coefficient (Wildman–Crippen LogP) is 3.12. The first kappa shape index (κ1) is 12.9. The number of aromatic nitrogens is 2. The molecule has 3 rings (SSSR count). The lowest BCUT2D eigenvalue weighted by atomic mass is 9.80.